The van der Waals surface area contributed by atoms with Crippen molar-refractivity contribution >= 4 is 15.7 Å². The van der Waals surface area contributed by atoms with Gasteiger partial charge in [-0.3, -0.25) is 4.90 Å². The van der Waals surface area contributed by atoms with E-state index in [1.54, 1.807) is 30.5 Å². The number of halogens is 1. The number of furan rings is 1. The molecule has 1 saturated heterocycles. The van der Waals surface area contributed by atoms with Crippen LogP contribution in [0.5, 0.6) is 11.5 Å². The van der Waals surface area contributed by atoms with Gasteiger partial charge in [-0.25, -0.2) is 17.5 Å². The van der Waals surface area contributed by atoms with Gasteiger partial charge in [-0.1, -0.05) is 0 Å². The number of rotatable bonds is 7. The molecule has 3 heterocycles. The summed E-state index contributed by atoms with van der Waals surface area (Å²) in [5.74, 6) is 1.40. The lowest BCUT2D eigenvalue weighted by Crippen LogP contribution is -2.49. The van der Waals surface area contributed by atoms with E-state index >= 15 is 0 Å². The molecule has 0 aliphatic carbocycles. The van der Waals surface area contributed by atoms with Crippen molar-refractivity contribution in [2.45, 2.75) is 10.9 Å². The highest BCUT2D eigenvalue weighted by Crippen LogP contribution is 2.32. The Bertz CT molecular complexity index is 1210. The number of fused-ring (bicyclic) bond motifs is 1. The van der Waals surface area contributed by atoms with Gasteiger partial charge >= 0.3 is 0 Å². The normalized spacial score (nSPS) is 17.5. The van der Waals surface area contributed by atoms with Crippen LogP contribution in [0.3, 0.4) is 0 Å². The molecule has 2 aliphatic heterocycles. The molecule has 34 heavy (non-hydrogen) atoms. The van der Waals surface area contributed by atoms with Crippen LogP contribution in [0, 0.1) is 5.82 Å². The molecule has 1 N–H and O–H groups in total. The summed E-state index contributed by atoms with van der Waals surface area (Å²) in [5.41, 5.74) is 0.968. The number of ether oxygens (including phenoxy) is 2. The highest BCUT2D eigenvalue weighted by Gasteiger charge is 2.29. The van der Waals surface area contributed by atoms with E-state index in [0.717, 1.165) is 18.8 Å². The van der Waals surface area contributed by atoms with Crippen LogP contribution in [-0.4, -0.2) is 59.3 Å². The summed E-state index contributed by atoms with van der Waals surface area (Å²) >= 11 is 0. The molecular weight excluding hydrogens is 461 g/mol. The summed E-state index contributed by atoms with van der Waals surface area (Å²) < 4.78 is 58.7. The summed E-state index contributed by atoms with van der Waals surface area (Å²) in [6.07, 6.45) is 1.59. The number of anilines is 1. The molecule has 0 amide bonds. The Kier molecular flexibility index (Phi) is 6.44. The fourth-order valence-corrected chi connectivity index (χ4v) is 5.35. The first-order chi connectivity index (χ1) is 16.5. The Hall–Kier alpha value is -3.08. The first kappa shape index (κ1) is 22.7. The van der Waals surface area contributed by atoms with Gasteiger partial charge in [0.1, 0.15) is 24.8 Å². The van der Waals surface area contributed by atoms with Crippen molar-refractivity contribution in [2.24, 2.45) is 0 Å². The lowest BCUT2D eigenvalue weighted by Gasteiger charge is -2.39. The van der Waals surface area contributed by atoms with Gasteiger partial charge in [-0.2, -0.15) is 0 Å². The Morgan fingerprint density at radius 2 is 1.68 bits per heavy atom. The third kappa shape index (κ3) is 4.89. The molecule has 0 spiro atoms. The van der Waals surface area contributed by atoms with Crippen LogP contribution < -0.4 is 19.1 Å². The molecule has 0 unspecified atom stereocenters. The molecule has 180 valence electrons. The predicted octanol–water partition coefficient (Wildman–Crippen LogP) is 3.03. The van der Waals surface area contributed by atoms with Crippen molar-refractivity contribution in [2.75, 3.05) is 50.8 Å². The minimum absolute atomic E-state index is 0.121. The maximum Gasteiger partial charge on any atom is 0.240 e. The van der Waals surface area contributed by atoms with Crippen LogP contribution in [0.15, 0.2) is 70.2 Å². The van der Waals surface area contributed by atoms with E-state index in [1.807, 2.05) is 6.07 Å². The number of nitrogens with one attached hydrogen (secondary N) is 1. The molecule has 8 nitrogen and oxygen atoms in total. The number of hydrogen-bond donors (Lipinski definition) is 1. The van der Waals surface area contributed by atoms with E-state index in [-0.39, 0.29) is 23.3 Å². The van der Waals surface area contributed by atoms with Crippen LogP contribution in [0.25, 0.3) is 0 Å². The van der Waals surface area contributed by atoms with Crippen molar-refractivity contribution in [3.8, 4) is 11.5 Å². The maximum atomic E-state index is 13.3. The third-order valence-corrected chi connectivity index (χ3v) is 7.53. The lowest BCUT2D eigenvalue weighted by molar-refractivity contribution is 0.166. The summed E-state index contributed by atoms with van der Waals surface area (Å²) in [7, 11) is -3.78. The molecule has 5 rings (SSSR count). The molecule has 2 aromatic carbocycles. The molecule has 1 aromatic heterocycles. The Morgan fingerprint density at radius 1 is 0.941 bits per heavy atom. The Labute approximate surface area is 197 Å². The first-order valence-corrected chi connectivity index (χ1v) is 12.7. The maximum absolute atomic E-state index is 13.3. The number of benzene rings is 2. The molecule has 10 heteroatoms. The molecule has 0 bridgehead atoms. The zero-order valence-electron chi connectivity index (χ0n) is 18.5. The number of hydrogen-bond acceptors (Lipinski definition) is 7. The van der Waals surface area contributed by atoms with Crippen LogP contribution in [0.1, 0.15) is 11.8 Å². The highest BCUT2D eigenvalue weighted by molar-refractivity contribution is 7.89. The molecule has 0 radical (unpaired) electrons. The molecule has 1 fully saturated rings. The average Bonchev–Trinajstić information content (AvgIpc) is 3.39. The van der Waals surface area contributed by atoms with Gasteiger partial charge in [0.15, 0.2) is 11.5 Å². The van der Waals surface area contributed by atoms with E-state index in [9.17, 15) is 12.8 Å². The second-order valence-electron chi connectivity index (χ2n) is 8.19. The largest absolute Gasteiger partial charge is 0.486 e. The third-order valence-electron chi connectivity index (χ3n) is 6.11. The summed E-state index contributed by atoms with van der Waals surface area (Å²) in [4.78, 5) is 4.51. The van der Waals surface area contributed by atoms with Gasteiger partial charge in [0.25, 0.3) is 0 Å². The van der Waals surface area contributed by atoms with Gasteiger partial charge in [0.05, 0.1) is 17.2 Å². The smallest absolute Gasteiger partial charge is 0.240 e. The monoisotopic (exact) mass is 487 g/mol. The van der Waals surface area contributed by atoms with Crippen LogP contribution in [-0.2, 0) is 10.0 Å². The van der Waals surface area contributed by atoms with E-state index in [1.165, 1.54) is 24.3 Å². The standard InChI is InChI=1S/C24H26FN3O5S/c25-18-3-5-19(6-4-18)27-9-11-28(12-10-27)21(22-2-1-13-31-22)17-26-34(29,30)20-7-8-23-24(16-20)33-15-14-32-23/h1-8,13,16,21,26H,9-12,14-15,17H2/t21-/m0/s1. The molecule has 1 atom stereocenters. The van der Waals surface area contributed by atoms with Gasteiger partial charge in [0, 0.05) is 44.5 Å². The second kappa shape index (κ2) is 9.65. The van der Waals surface area contributed by atoms with E-state index in [2.05, 4.69) is 14.5 Å². The minimum Gasteiger partial charge on any atom is -0.486 e. The van der Waals surface area contributed by atoms with Crippen molar-refractivity contribution in [1.82, 2.24) is 9.62 Å². The van der Waals surface area contributed by atoms with Crippen molar-refractivity contribution in [3.63, 3.8) is 0 Å². The fraction of sp³-hybridized carbons (Fsp3) is 0.333. The number of piperazine rings is 1. The minimum atomic E-state index is -3.78. The van der Waals surface area contributed by atoms with E-state index in [4.69, 9.17) is 13.9 Å². The summed E-state index contributed by atoms with van der Waals surface area (Å²) in [6.45, 7) is 3.85. The number of sulfonamides is 1. The van der Waals surface area contributed by atoms with Crippen molar-refractivity contribution in [1.29, 1.82) is 0 Å². The van der Waals surface area contributed by atoms with Gasteiger partial charge in [-0.15, -0.1) is 0 Å². The zero-order chi connectivity index (χ0) is 23.5. The van der Waals surface area contributed by atoms with Crippen LogP contribution in [0.2, 0.25) is 0 Å². The quantitative estimate of drug-likeness (QED) is 0.548. The lowest BCUT2D eigenvalue weighted by atomic mass is 10.1. The molecule has 2 aliphatic rings. The molecular formula is C24H26FN3O5S. The van der Waals surface area contributed by atoms with E-state index < -0.39 is 10.0 Å². The fourth-order valence-electron chi connectivity index (χ4n) is 4.30. The Balaban J connectivity index is 1.27. The summed E-state index contributed by atoms with van der Waals surface area (Å²) in [6, 6.07) is 14.5. The van der Waals surface area contributed by atoms with Gasteiger partial charge in [-0.05, 0) is 48.5 Å². The summed E-state index contributed by atoms with van der Waals surface area (Å²) in [5, 5.41) is 0. The van der Waals surface area contributed by atoms with Crippen LogP contribution in [0.4, 0.5) is 10.1 Å². The van der Waals surface area contributed by atoms with Gasteiger partial charge < -0.3 is 18.8 Å². The zero-order valence-corrected chi connectivity index (χ0v) is 19.3. The second-order valence-corrected chi connectivity index (χ2v) is 9.95. The van der Waals surface area contributed by atoms with Crippen molar-refractivity contribution in [3.05, 3.63) is 72.4 Å². The number of nitrogens with zero attached hydrogens (tertiary/aromatic N) is 2. The van der Waals surface area contributed by atoms with Crippen LogP contribution >= 0.6 is 0 Å². The molecule has 3 aromatic rings. The predicted molar refractivity (Wildman–Crippen MR) is 124 cm³/mol. The molecule has 0 saturated carbocycles. The topological polar surface area (TPSA) is 84.3 Å². The van der Waals surface area contributed by atoms with E-state index in [0.29, 0.717) is 43.6 Å². The Morgan fingerprint density at radius 3 is 2.38 bits per heavy atom. The van der Waals surface area contributed by atoms with Gasteiger partial charge in [0.2, 0.25) is 10.0 Å². The first-order valence-electron chi connectivity index (χ1n) is 11.2. The van der Waals surface area contributed by atoms with Crippen molar-refractivity contribution < 1.29 is 26.7 Å². The highest BCUT2D eigenvalue weighted by atomic mass is 32.2. The average molecular weight is 488 g/mol. The SMILES string of the molecule is O=S(=O)(NC[C@@H](c1ccco1)N1CCN(c2ccc(F)cc2)CC1)c1ccc2c(c1)OCCO2.